The van der Waals surface area contributed by atoms with Crippen molar-refractivity contribution < 1.29 is 4.79 Å². The maximum absolute atomic E-state index is 12.6. The van der Waals surface area contributed by atoms with E-state index in [1.165, 1.54) is 0 Å². The lowest BCUT2D eigenvalue weighted by atomic mass is 10.1. The Bertz CT molecular complexity index is 528. The molecule has 0 fully saturated rings. The fourth-order valence-electron chi connectivity index (χ4n) is 1.96. The molecular formula is C15H18N2OS2. The minimum absolute atomic E-state index is 0.00356. The van der Waals surface area contributed by atoms with Crippen LogP contribution in [0.3, 0.4) is 0 Å². The first-order chi connectivity index (χ1) is 9.72. The quantitative estimate of drug-likeness (QED) is 0.816. The van der Waals surface area contributed by atoms with Gasteiger partial charge in [0.25, 0.3) is 0 Å². The Morgan fingerprint density at radius 1 is 1.50 bits per heavy atom. The SMILES string of the molecule is CSC[C@H](C)C(=O)N(Cc1ccsc1)c1cccnc1. The third-order valence-electron chi connectivity index (χ3n) is 2.98. The average molecular weight is 306 g/mol. The van der Waals surface area contributed by atoms with Gasteiger partial charge >= 0.3 is 0 Å². The predicted molar refractivity (Wildman–Crippen MR) is 87.3 cm³/mol. The molecule has 0 aromatic carbocycles. The number of thiophene rings is 1. The zero-order valence-electron chi connectivity index (χ0n) is 11.7. The van der Waals surface area contributed by atoms with Crippen LogP contribution < -0.4 is 4.90 Å². The summed E-state index contributed by atoms with van der Waals surface area (Å²) >= 11 is 3.35. The highest BCUT2D eigenvalue weighted by atomic mass is 32.2. The van der Waals surface area contributed by atoms with Crippen LogP contribution in [0.1, 0.15) is 12.5 Å². The number of amides is 1. The van der Waals surface area contributed by atoms with Crippen molar-refractivity contribution in [2.75, 3.05) is 16.9 Å². The molecule has 0 spiro atoms. The molecule has 0 bridgehead atoms. The van der Waals surface area contributed by atoms with E-state index in [0.29, 0.717) is 6.54 Å². The molecule has 5 heteroatoms. The zero-order chi connectivity index (χ0) is 14.4. The van der Waals surface area contributed by atoms with Crippen molar-refractivity contribution in [3.63, 3.8) is 0 Å². The van der Waals surface area contributed by atoms with Gasteiger partial charge < -0.3 is 4.90 Å². The summed E-state index contributed by atoms with van der Waals surface area (Å²) in [7, 11) is 0. The maximum Gasteiger partial charge on any atom is 0.231 e. The van der Waals surface area contributed by atoms with E-state index in [9.17, 15) is 4.79 Å². The molecule has 0 saturated heterocycles. The number of carbonyl (C=O) groups excluding carboxylic acids is 1. The van der Waals surface area contributed by atoms with Gasteiger partial charge in [0, 0.05) is 17.9 Å². The number of carbonyl (C=O) groups is 1. The first-order valence-corrected chi connectivity index (χ1v) is 8.77. The van der Waals surface area contributed by atoms with E-state index in [4.69, 9.17) is 0 Å². The summed E-state index contributed by atoms with van der Waals surface area (Å²) in [6.07, 6.45) is 5.50. The van der Waals surface area contributed by atoms with Crippen molar-refractivity contribution in [3.8, 4) is 0 Å². The topological polar surface area (TPSA) is 33.2 Å². The van der Waals surface area contributed by atoms with Crippen LogP contribution in [-0.4, -0.2) is 22.9 Å². The summed E-state index contributed by atoms with van der Waals surface area (Å²) in [5.74, 6) is 0.988. The molecule has 1 atom stereocenters. The van der Waals surface area contributed by atoms with Gasteiger partial charge in [-0.2, -0.15) is 23.1 Å². The van der Waals surface area contributed by atoms with Gasteiger partial charge in [-0.15, -0.1) is 0 Å². The van der Waals surface area contributed by atoms with Gasteiger partial charge in [0.2, 0.25) is 5.91 Å². The van der Waals surface area contributed by atoms with Crippen molar-refractivity contribution >= 4 is 34.7 Å². The Morgan fingerprint density at radius 2 is 2.35 bits per heavy atom. The van der Waals surface area contributed by atoms with E-state index < -0.39 is 0 Å². The number of hydrogen-bond acceptors (Lipinski definition) is 4. The molecule has 0 N–H and O–H groups in total. The van der Waals surface area contributed by atoms with Crippen LogP contribution in [0.2, 0.25) is 0 Å². The first kappa shape index (κ1) is 15.1. The number of thioether (sulfide) groups is 1. The molecule has 0 aliphatic heterocycles. The normalized spacial score (nSPS) is 12.1. The lowest BCUT2D eigenvalue weighted by Crippen LogP contribution is -2.35. The van der Waals surface area contributed by atoms with E-state index >= 15 is 0 Å². The number of nitrogens with zero attached hydrogens (tertiary/aromatic N) is 2. The van der Waals surface area contributed by atoms with Crippen molar-refractivity contribution in [2.24, 2.45) is 5.92 Å². The molecule has 2 heterocycles. The van der Waals surface area contributed by atoms with Gasteiger partial charge in [-0.3, -0.25) is 9.78 Å². The predicted octanol–water partition coefficient (Wildman–Crippen LogP) is 3.68. The second-order valence-corrected chi connectivity index (χ2v) is 6.31. The molecule has 0 aliphatic rings. The highest BCUT2D eigenvalue weighted by Crippen LogP contribution is 2.21. The smallest absolute Gasteiger partial charge is 0.231 e. The van der Waals surface area contributed by atoms with Gasteiger partial charge in [-0.1, -0.05) is 6.92 Å². The molecule has 0 unspecified atom stereocenters. The zero-order valence-corrected chi connectivity index (χ0v) is 13.3. The number of hydrogen-bond donors (Lipinski definition) is 0. The van der Waals surface area contributed by atoms with Crippen LogP contribution >= 0.6 is 23.1 Å². The number of aromatic nitrogens is 1. The first-order valence-electron chi connectivity index (χ1n) is 6.43. The van der Waals surface area contributed by atoms with Gasteiger partial charge in [0.05, 0.1) is 18.4 Å². The van der Waals surface area contributed by atoms with Crippen LogP contribution in [-0.2, 0) is 11.3 Å². The second-order valence-electron chi connectivity index (χ2n) is 4.62. The van der Waals surface area contributed by atoms with Crippen LogP contribution in [0.25, 0.3) is 0 Å². The second kappa shape index (κ2) is 7.45. The molecule has 0 saturated carbocycles. The summed E-state index contributed by atoms with van der Waals surface area (Å²) < 4.78 is 0. The molecule has 2 aromatic rings. The van der Waals surface area contributed by atoms with Crippen LogP contribution in [0.15, 0.2) is 41.4 Å². The van der Waals surface area contributed by atoms with Crippen molar-refractivity contribution in [2.45, 2.75) is 13.5 Å². The standard InChI is InChI=1S/C15H18N2OS2/c1-12(10-19-2)15(18)17(9-13-5-7-20-11-13)14-4-3-6-16-8-14/h3-8,11-12H,9-10H2,1-2H3/t12-/m0/s1. The molecular weight excluding hydrogens is 288 g/mol. The Hall–Kier alpha value is -1.33. The van der Waals surface area contributed by atoms with Crippen molar-refractivity contribution in [3.05, 3.63) is 46.9 Å². The van der Waals surface area contributed by atoms with Gasteiger partial charge in [-0.05, 0) is 40.8 Å². The van der Waals surface area contributed by atoms with E-state index in [0.717, 1.165) is 17.0 Å². The molecule has 20 heavy (non-hydrogen) atoms. The van der Waals surface area contributed by atoms with E-state index in [-0.39, 0.29) is 11.8 Å². The molecule has 3 nitrogen and oxygen atoms in total. The van der Waals surface area contributed by atoms with E-state index in [1.54, 1.807) is 35.5 Å². The fraction of sp³-hybridized carbons (Fsp3) is 0.333. The molecule has 1 amide bonds. The number of pyridine rings is 1. The van der Waals surface area contributed by atoms with Crippen LogP contribution in [0, 0.1) is 5.92 Å². The van der Waals surface area contributed by atoms with Gasteiger partial charge in [-0.25, -0.2) is 0 Å². The lowest BCUT2D eigenvalue weighted by Gasteiger charge is -2.25. The number of rotatable bonds is 6. The summed E-state index contributed by atoms with van der Waals surface area (Å²) in [6.45, 7) is 2.59. The largest absolute Gasteiger partial charge is 0.306 e. The summed E-state index contributed by atoms with van der Waals surface area (Å²) in [6, 6.07) is 5.85. The van der Waals surface area contributed by atoms with E-state index in [1.807, 2.05) is 35.6 Å². The van der Waals surface area contributed by atoms with Gasteiger partial charge in [0.1, 0.15) is 0 Å². The Kier molecular flexibility index (Phi) is 5.61. The Morgan fingerprint density at radius 3 is 2.95 bits per heavy atom. The fourth-order valence-corrected chi connectivity index (χ4v) is 3.26. The lowest BCUT2D eigenvalue weighted by molar-refractivity contribution is -0.121. The van der Waals surface area contributed by atoms with E-state index in [2.05, 4.69) is 16.4 Å². The van der Waals surface area contributed by atoms with Crippen LogP contribution in [0.4, 0.5) is 5.69 Å². The van der Waals surface area contributed by atoms with Crippen molar-refractivity contribution in [1.82, 2.24) is 4.98 Å². The highest BCUT2D eigenvalue weighted by molar-refractivity contribution is 7.98. The third kappa shape index (κ3) is 3.84. The minimum Gasteiger partial charge on any atom is -0.306 e. The number of anilines is 1. The average Bonchev–Trinajstić information content (AvgIpc) is 2.98. The molecule has 2 aromatic heterocycles. The van der Waals surface area contributed by atoms with Gasteiger partial charge in [0.15, 0.2) is 0 Å². The summed E-state index contributed by atoms with van der Waals surface area (Å²) in [4.78, 5) is 18.6. The minimum atomic E-state index is 0.00356. The molecule has 2 rings (SSSR count). The summed E-state index contributed by atoms with van der Waals surface area (Å²) in [5, 5.41) is 4.11. The summed E-state index contributed by atoms with van der Waals surface area (Å²) in [5.41, 5.74) is 2.01. The highest BCUT2D eigenvalue weighted by Gasteiger charge is 2.22. The monoisotopic (exact) mass is 306 g/mol. The molecule has 0 radical (unpaired) electrons. The van der Waals surface area contributed by atoms with Crippen molar-refractivity contribution in [1.29, 1.82) is 0 Å². The third-order valence-corrected chi connectivity index (χ3v) is 4.55. The molecule has 106 valence electrons. The maximum atomic E-state index is 12.6. The Labute approximate surface area is 128 Å². The molecule has 0 aliphatic carbocycles. The van der Waals surface area contributed by atoms with Crippen LogP contribution in [0.5, 0.6) is 0 Å². The Balaban J connectivity index is 2.22.